The Morgan fingerprint density at radius 2 is 0.809 bits per heavy atom. The molecule has 10 atom stereocenters. The Balaban J connectivity index is -0.000000755. The first-order chi connectivity index (χ1) is 62.5. The second kappa shape index (κ2) is 54.3. The maximum absolute atomic E-state index is 14.4. The van der Waals surface area contributed by atoms with Crippen molar-refractivity contribution in [2.45, 2.75) is 557 Å². The van der Waals surface area contributed by atoms with E-state index in [2.05, 4.69) is 14.2 Å². The number of alkyl halides is 8. The normalized spacial score (nSPS) is 21.5. The summed E-state index contributed by atoms with van der Waals surface area (Å²) in [5.41, 5.74) is -18.3. The van der Waals surface area contributed by atoms with Gasteiger partial charge in [-0.2, -0.15) is 35.1 Å². The predicted molar refractivity (Wildman–Crippen MR) is 533 cm³/mol. The molecule has 838 valence electrons. The summed E-state index contributed by atoms with van der Waals surface area (Å²) in [4.78, 5) is 94.1. The van der Waals surface area contributed by atoms with Gasteiger partial charge in [-0.05, 0) is 380 Å². The van der Waals surface area contributed by atoms with Gasteiger partial charge < -0.3 is 83.5 Å². The number of carbonyl (C=O) groups excluding carboxylic acids is 8. The number of esters is 8. The summed E-state index contributed by atoms with van der Waals surface area (Å²) in [5.74, 6) is -8.11. The number of ether oxygens (including phenoxy) is 9. The van der Waals surface area contributed by atoms with Crippen LogP contribution in [0.25, 0.3) is 0 Å². The van der Waals surface area contributed by atoms with Crippen LogP contribution in [0.2, 0.25) is 0 Å². The van der Waals surface area contributed by atoms with Gasteiger partial charge in [0, 0.05) is 6.42 Å². The van der Waals surface area contributed by atoms with Crippen molar-refractivity contribution in [3.05, 3.63) is 0 Å². The van der Waals surface area contributed by atoms with E-state index in [9.17, 15) is 114 Å². The smallest absolute Gasteiger partial charge is 0.423 e. The van der Waals surface area contributed by atoms with Crippen LogP contribution in [-0.4, -0.2) is 207 Å². The van der Waals surface area contributed by atoms with E-state index in [1.54, 1.807) is 104 Å². The maximum Gasteiger partial charge on any atom is 0.423 e. The van der Waals surface area contributed by atoms with Crippen molar-refractivity contribution in [3.63, 3.8) is 0 Å². The van der Waals surface area contributed by atoms with Gasteiger partial charge in [-0.25, -0.2) is 0 Å². The topological polar surface area (TPSA) is 381 Å². The minimum Gasteiger partial charge on any atom is -0.469 e. The first-order valence-electron chi connectivity index (χ1n) is 51.0. The lowest BCUT2D eigenvalue weighted by Crippen LogP contribution is -2.71. The van der Waals surface area contributed by atoms with Crippen molar-refractivity contribution in [1.29, 1.82) is 0 Å². The molecular formula is C108H200F8O25. The molecule has 10 unspecified atom stereocenters. The van der Waals surface area contributed by atoms with E-state index in [1.165, 1.54) is 40.2 Å². The highest BCUT2D eigenvalue weighted by Gasteiger charge is 2.76. The van der Waals surface area contributed by atoms with Crippen LogP contribution in [0.5, 0.6) is 0 Å². The van der Waals surface area contributed by atoms with E-state index in [0.717, 1.165) is 110 Å². The summed E-state index contributed by atoms with van der Waals surface area (Å²) in [6, 6.07) is 0. The second-order valence-electron chi connectivity index (χ2n) is 49.5. The number of hydrogen-bond acceptors (Lipinski definition) is 25. The van der Waals surface area contributed by atoms with Crippen molar-refractivity contribution < 1.29 is 157 Å². The standard InChI is InChI=1S/C15H28O3.C14H21F5O4.C14H26O3.C13H26O3.2C12H24O3.C11H17F3O.C10H20O3.C7H14O2/c1-6-14(2,3)13(16)18-12(15(4,5)17)11-9-7-8-10-11;1-6-10(2,3)9(20)22-8-7-11(4,21)23-12(5,13(8,15)16)14(17,18)19;1-6-12(2,3)11(15)17-14(13(4,5)16)9-7-8-10-14;1-8-12(4,5)11(14)16-10(9(2)3)13(6,7)15;1-8-10(2,3)9(13)15-12(6,7)11(4,5)14;1-7-9(12(5,6)14)15-10(13)11(3,4)8-2;1-10(15,11(12,13)14)6-9-5-7-2-3-8(9)4-7;1-6-9(2,3)8(11)13-7-10(4,5)12;1-5-7(2,3)6(8)9-4/h11-12,17H,6-10H2,1-5H3;8,21H,6-7H2,1-5H3;16H,6-10H2,1-5H3;9-10,15H,8H2,1-7H3;14H,8H2,1-7H3;9,14H,7-8H2,1-6H3;7-9,15H,2-6H2,1H3;12H,6-7H2,1-5H3;5H2,1-4H3. The van der Waals surface area contributed by atoms with E-state index in [-0.39, 0.29) is 91.5 Å². The molecule has 0 radical (unpaired) electrons. The van der Waals surface area contributed by atoms with Crippen LogP contribution in [0.15, 0.2) is 0 Å². The fourth-order valence-electron chi connectivity index (χ4n) is 14.4. The molecular weight excluding hydrogens is 1850 g/mol. The third kappa shape index (κ3) is 45.4. The highest BCUT2D eigenvalue weighted by molar-refractivity contribution is 5.79. The predicted octanol–water partition coefficient (Wildman–Crippen LogP) is 24.0. The molecule has 0 aromatic carbocycles. The fraction of sp³-hybridized carbons (Fsp3) is 0.926. The van der Waals surface area contributed by atoms with Gasteiger partial charge in [-0.1, -0.05) is 95.4 Å². The molecule has 0 amide bonds. The molecule has 5 rings (SSSR count). The number of carbonyl (C=O) groups is 8. The molecule has 0 aromatic rings. The quantitative estimate of drug-likeness (QED) is 0.0168. The van der Waals surface area contributed by atoms with E-state index in [1.807, 2.05) is 166 Å². The number of fused-ring (bicyclic) bond motifs is 2. The van der Waals surface area contributed by atoms with Gasteiger partial charge in [0.1, 0.15) is 36.1 Å². The SMILES string of the molecule is CC(O)(CC1CC2CCC1C2)C(F)(F)F.CCC(C)(C)C(=O)OC.CCC(C)(C)C(=O)OC(C(C)C)C(C)(C)O.CCC(C)(C)C(=O)OC(C)(C)C(C)(C)O.CCC(C)(C)C(=O)OC(C1CCCC1)C(C)(C)O.CCC(C)(C)C(=O)OC1(C(C)(C)O)CCCC1.CCC(C)(C)C(=O)OC1CC(C)(O)OC(C)(C(F)(F)F)C1(F)F.CCC(C)(C)C(=O)OCC(C)(C)O.CCC(OC(=O)C(C)(C)CC)C(C)(C)O. The van der Waals surface area contributed by atoms with Gasteiger partial charge in [0.2, 0.25) is 5.60 Å². The van der Waals surface area contributed by atoms with Crippen molar-refractivity contribution in [1.82, 2.24) is 0 Å². The average Bonchev–Trinajstić information content (AvgIpc) is 1.20. The molecule has 1 aliphatic heterocycles. The van der Waals surface area contributed by atoms with Crippen LogP contribution in [-0.2, 0) is 81.0 Å². The van der Waals surface area contributed by atoms with E-state index in [4.69, 9.17) is 28.4 Å². The van der Waals surface area contributed by atoms with E-state index in [0.29, 0.717) is 30.6 Å². The number of halogens is 8. The maximum atomic E-state index is 14.4. The van der Waals surface area contributed by atoms with Gasteiger partial charge in [-0.15, -0.1) is 0 Å². The number of hydrogen-bond donors (Lipinski definition) is 8. The molecule has 8 N–H and O–H groups in total. The highest BCUT2D eigenvalue weighted by atomic mass is 19.4. The van der Waals surface area contributed by atoms with E-state index >= 15 is 0 Å². The van der Waals surface area contributed by atoms with Gasteiger partial charge in [0.15, 0.2) is 17.5 Å². The van der Waals surface area contributed by atoms with Crippen LogP contribution < -0.4 is 0 Å². The molecule has 33 heteroatoms. The molecule has 1 heterocycles. The highest BCUT2D eigenvalue weighted by Crippen LogP contribution is 2.56. The molecule has 4 aliphatic carbocycles. The monoisotopic (exact) mass is 2050 g/mol. The molecule has 1 saturated heterocycles. The fourth-order valence-corrected chi connectivity index (χ4v) is 14.4. The van der Waals surface area contributed by atoms with Crippen LogP contribution >= 0.6 is 0 Å². The van der Waals surface area contributed by atoms with Crippen LogP contribution in [0, 0.1) is 72.9 Å². The van der Waals surface area contributed by atoms with E-state index < -0.39 is 149 Å². The summed E-state index contributed by atoms with van der Waals surface area (Å²) < 4.78 is 152. The Bertz CT molecular complexity index is 3760. The Labute approximate surface area is 844 Å². The van der Waals surface area contributed by atoms with Crippen molar-refractivity contribution in [2.75, 3.05) is 13.7 Å². The molecule has 0 spiro atoms. The van der Waals surface area contributed by atoms with Crippen LogP contribution in [0.4, 0.5) is 35.1 Å². The molecule has 5 fully saturated rings. The lowest BCUT2D eigenvalue weighted by molar-refractivity contribution is -0.436. The number of methoxy groups -OCH3 is 1. The third-order valence-corrected chi connectivity index (χ3v) is 29.5. The molecule has 25 nitrogen and oxygen atoms in total. The van der Waals surface area contributed by atoms with Crippen LogP contribution in [0.3, 0.4) is 0 Å². The van der Waals surface area contributed by atoms with Gasteiger partial charge in [0.05, 0.1) is 84.0 Å². The zero-order valence-electron chi connectivity index (χ0n) is 95.7. The summed E-state index contributed by atoms with van der Waals surface area (Å²) >= 11 is 0. The van der Waals surface area contributed by atoms with Gasteiger partial charge in [-0.3, -0.25) is 38.4 Å². The molecule has 0 aromatic heterocycles. The Morgan fingerprint density at radius 1 is 0.440 bits per heavy atom. The lowest BCUT2D eigenvalue weighted by Gasteiger charge is -2.50. The molecule has 4 saturated carbocycles. The zero-order valence-corrected chi connectivity index (χ0v) is 95.7. The van der Waals surface area contributed by atoms with Crippen LogP contribution in [0.1, 0.15) is 452 Å². The Kier molecular flexibility index (Phi) is 54.8. The average molecular weight is 2050 g/mol. The van der Waals surface area contributed by atoms with Gasteiger partial charge in [0.25, 0.3) is 0 Å². The first kappa shape index (κ1) is 142. The zero-order chi connectivity index (χ0) is 113. The van der Waals surface area contributed by atoms with Crippen molar-refractivity contribution in [3.8, 4) is 0 Å². The second-order valence-corrected chi connectivity index (χ2v) is 49.5. The molecule has 2 bridgehead atoms. The largest absolute Gasteiger partial charge is 0.469 e. The van der Waals surface area contributed by atoms with Gasteiger partial charge >= 0.3 is 66.0 Å². The lowest BCUT2D eigenvalue weighted by atomic mass is 9.81. The minimum atomic E-state index is -5.48. The molecule has 5 aliphatic rings. The first-order valence-corrected chi connectivity index (χ1v) is 51.0. The Hall–Kier alpha value is -5.16. The third-order valence-electron chi connectivity index (χ3n) is 29.5. The number of aliphatic hydroxyl groups is 8. The Morgan fingerprint density at radius 3 is 1.11 bits per heavy atom. The van der Waals surface area contributed by atoms with Crippen molar-refractivity contribution >= 4 is 47.8 Å². The minimum absolute atomic E-state index is 0.0509. The summed E-state index contributed by atoms with van der Waals surface area (Å²) in [6.45, 7) is 75.5. The summed E-state index contributed by atoms with van der Waals surface area (Å²) in [6.07, 6.45) is 3.49. The van der Waals surface area contributed by atoms with Crippen molar-refractivity contribution in [2.24, 2.45) is 72.9 Å². The molecule has 141 heavy (non-hydrogen) atoms. The summed E-state index contributed by atoms with van der Waals surface area (Å²) in [7, 11) is 1.42. The number of rotatable bonds is 34. The summed E-state index contributed by atoms with van der Waals surface area (Å²) in [5, 5.41) is 78.7.